The highest BCUT2D eigenvalue weighted by atomic mass is 32.2. The van der Waals surface area contributed by atoms with Gasteiger partial charge in [0, 0.05) is 30.7 Å². The summed E-state index contributed by atoms with van der Waals surface area (Å²) in [5, 5.41) is 5.12. The van der Waals surface area contributed by atoms with E-state index in [9.17, 15) is 13.2 Å². The topological polar surface area (TPSA) is 85.4 Å². The van der Waals surface area contributed by atoms with E-state index in [2.05, 4.69) is 0 Å². The van der Waals surface area contributed by atoms with Crippen LogP contribution in [0.25, 0.3) is 5.69 Å². The first-order valence-electron chi connectivity index (χ1n) is 8.41. The fraction of sp³-hybridized carbons (Fsp3) is 0.150. The van der Waals surface area contributed by atoms with Crippen molar-refractivity contribution >= 4 is 15.9 Å². The second-order valence-electron chi connectivity index (χ2n) is 6.34. The van der Waals surface area contributed by atoms with Gasteiger partial charge in [0.25, 0.3) is 5.91 Å². The van der Waals surface area contributed by atoms with Crippen molar-refractivity contribution in [3.63, 3.8) is 0 Å². The van der Waals surface area contributed by atoms with Crippen LogP contribution < -0.4 is 5.14 Å². The predicted octanol–water partition coefficient (Wildman–Crippen LogP) is 2.96. The minimum absolute atomic E-state index is 0.0491. The molecule has 0 unspecified atom stereocenters. The number of benzene rings is 2. The normalized spacial score (nSPS) is 12.6. The number of sulfonamides is 1. The number of nitrogens with zero attached hydrogens (tertiary/aromatic N) is 2. The van der Waals surface area contributed by atoms with Gasteiger partial charge in [-0.1, -0.05) is 12.1 Å². The number of primary sulfonamides is 1. The Balaban J connectivity index is 1.76. The molecule has 3 rings (SSSR count). The molecular formula is C20H21N3O3S. The maximum Gasteiger partial charge on any atom is 0.254 e. The second-order valence-corrected chi connectivity index (χ2v) is 7.90. The van der Waals surface area contributed by atoms with Gasteiger partial charge in [0.1, 0.15) is 0 Å². The lowest BCUT2D eigenvalue weighted by Crippen LogP contribution is -2.29. The third-order valence-electron chi connectivity index (χ3n) is 4.61. The van der Waals surface area contributed by atoms with Crippen LogP contribution in [0.4, 0.5) is 0 Å². The number of hydrogen-bond acceptors (Lipinski definition) is 3. The van der Waals surface area contributed by atoms with Crippen LogP contribution in [0, 0.1) is 0 Å². The van der Waals surface area contributed by atoms with Gasteiger partial charge in [-0.25, -0.2) is 13.6 Å². The van der Waals surface area contributed by atoms with E-state index in [1.54, 1.807) is 36.2 Å². The zero-order chi connectivity index (χ0) is 19.6. The van der Waals surface area contributed by atoms with E-state index in [1.165, 1.54) is 12.1 Å². The maximum atomic E-state index is 12.8. The van der Waals surface area contributed by atoms with Gasteiger partial charge in [0.2, 0.25) is 10.0 Å². The third kappa shape index (κ3) is 4.10. The van der Waals surface area contributed by atoms with Crippen LogP contribution in [0.3, 0.4) is 0 Å². The van der Waals surface area contributed by atoms with Gasteiger partial charge in [-0.15, -0.1) is 0 Å². The van der Waals surface area contributed by atoms with Gasteiger partial charge in [0.05, 0.1) is 10.9 Å². The van der Waals surface area contributed by atoms with E-state index in [0.717, 1.165) is 11.3 Å². The van der Waals surface area contributed by atoms with E-state index in [0.29, 0.717) is 5.56 Å². The smallest absolute Gasteiger partial charge is 0.254 e. The Bertz CT molecular complexity index is 1030. The molecule has 0 saturated heterocycles. The Morgan fingerprint density at radius 2 is 1.56 bits per heavy atom. The van der Waals surface area contributed by atoms with Crippen LogP contribution in [-0.4, -0.2) is 30.8 Å². The van der Waals surface area contributed by atoms with Crippen molar-refractivity contribution < 1.29 is 13.2 Å². The van der Waals surface area contributed by atoms with Gasteiger partial charge in [0.15, 0.2) is 0 Å². The summed E-state index contributed by atoms with van der Waals surface area (Å²) in [6.45, 7) is 1.89. The molecule has 0 aliphatic rings. The molecular weight excluding hydrogens is 362 g/mol. The van der Waals surface area contributed by atoms with E-state index in [4.69, 9.17) is 5.14 Å². The van der Waals surface area contributed by atoms with Crippen LogP contribution in [0.5, 0.6) is 0 Å². The Kier molecular flexibility index (Phi) is 5.16. The van der Waals surface area contributed by atoms with Crippen molar-refractivity contribution in [1.29, 1.82) is 0 Å². The number of aromatic nitrogens is 1. The van der Waals surface area contributed by atoms with Crippen LogP contribution >= 0.6 is 0 Å². The molecule has 0 bridgehead atoms. The Hall–Kier alpha value is -2.90. The average Bonchev–Trinajstić information content (AvgIpc) is 3.20. The van der Waals surface area contributed by atoms with Gasteiger partial charge in [-0.2, -0.15) is 0 Å². The molecule has 6 nitrogen and oxygen atoms in total. The zero-order valence-electron chi connectivity index (χ0n) is 15.1. The molecule has 0 fully saturated rings. The van der Waals surface area contributed by atoms with E-state index >= 15 is 0 Å². The molecule has 0 aliphatic carbocycles. The predicted molar refractivity (Wildman–Crippen MR) is 104 cm³/mol. The quantitative estimate of drug-likeness (QED) is 0.735. The Labute approximate surface area is 158 Å². The molecule has 27 heavy (non-hydrogen) atoms. The number of rotatable bonds is 5. The van der Waals surface area contributed by atoms with Gasteiger partial charge in [-0.3, -0.25) is 4.79 Å². The first-order valence-corrected chi connectivity index (χ1v) is 9.95. The van der Waals surface area contributed by atoms with Crippen LogP contribution in [0.1, 0.15) is 28.9 Å². The van der Waals surface area contributed by atoms with Crippen LogP contribution in [0.15, 0.2) is 78.0 Å². The molecule has 1 heterocycles. The monoisotopic (exact) mass is 383 g/mol. The summed E-state index contributed by atoms with van der Waals surface area (Å²) in [5.74, 6) is -0.114. The molecule has 2 aromatic carbocycles. The SMILES string of the molecule is C[C@H](c1ccc(S(N)(=O)=O)cc1)N(C)C(=O)c1ccc(-n2cccc2)cc1. The fourth-order valence-electron chi connectivity index (χ4n) is 2.82. The lowest BCUT2D eigenvalue weighted by atomic mass is 10.1. The summed E-state index contributed by atoms with van der Waals surface area (Å²) in [6, 6.07) is 17.3. The van der Waals surface area contributed by atoms with Crippen molar-refractivity contribution in [3.05, 3.63) is 84.2 Å². The highest BCUT2D eigenvalue weighted by Crippen LogP contribution is 2.22. The summed E-state index contributed by atoms with van der Waals surface area (Å²) >= 11 is 0. The molecule has 0 aliphatic heterocycles. The third-order valence-corrected chi connectivity index (χ3v) is 5.54. The number of amides is 1. The first-order chi connectivity index (χ1) is 12.8. The van der Waals surface area contributed by atoms with Crippen LogP contribution in [0.2, 0.25) is 0 Å². The molecule has 1 aromatic heterocycles. The molecule has 0 radical (unpaired) electrons. The van der Waals surface area contributed by atoms with E-state index in [1.807, 2.05) is 48.1 Å². The van der Waals surface area contributed by atoms with Gasteiger partial charge < -0.3 is 9.47 Å². The minimum Gasteiger partial charge on any atom is -0.335 e. The second kappa shape index (κ2) is 7.38. The fourth-order valence-corrected chi connectivity index (χ4v) is 3.34. The molecule has 0 spiro atoms. The molecule has 7 heteroatoms. The maximum absolute atomic E-state index is 12.8. The summed E-state index contributed by atoms with van der Waals surface area (Å²) in [6.07, 6.45) is 3.88. The standard InChI is InChI=1S/C20H21N3O3S/c1-15(16-7-11-19(12-8-16)27(21,25)26)22(2)20(24)17-5-9-18(10-6-17)23-13-3-4-14-23/h3-15H,1-2H3,(H2,21,25,26)/t15-/m1/s1. The number of nitrogens with two attached hydrogens (primary N) is 1. The van der Waals surface area contributed by atoms with Crippen molar-refractivity contribution in [3.8, 4) is 5.69 Å². The largest absolute Gasteiger partial charge is 0.335 e. The molecule has 3 aromatic rings. The summed E-state index contributed by atoms with van der Waals surface area (Å²) in [7, 11) is -2.01. The lowest BCUT2D eigenvalue weighted by Gasteiger charge is -2.25. The summed E-state index contributed by atoms with van der Waals surface area (Å²) in [5.41, 5.74) is 2.38. The Morgan fingerprint density at radius 1 is 1.00 bits per heavy atom. The molecule has 1 amide bonds. The molecule has 140 valence electrons. The van der Waals surface area contributed by atoms with Crippen molar-refractivity contribution in [1.82, 2.24) is 9.47 Å². The van der Waals surface area contributed by atoms with Crippen molar-refractivity contribution in [2.45, 2.75) is 17.9 Å². The Morgan fingerprint density at radius 3 is 2.07 bits per heavy atom. The van der Waals surface area contributed by atoms with E-state index in [-0.39, 0.29) is 16.8 Å². The first kappa shape index (κ1) is 18.9. The average molecular weight is 383 g/mol. The molecule has 2 N–H and O–H groups in total. The zero-order valence-corrected chi connectivity index (χ0v) is 15.9. The van der Waals surface area contributed by atoms with Crippen molar-refractivity contribution in [2.24, 2.45) is 5.14 Å². The van der Waals surface area contributed by atoms with Gasteiger partial charge >= 0.3 is 0 Å². The van der Waals surface area contributed by atoms with Gasteiger partial charge in [-0.05, 0) is 61.0 Å². The lowest BCUT2D eigenvalue weighted by molar-refractivity contribution is 0.0742. The number of carbonyl (C=O) groups is 1. The summed E-state index contributed by atoms with van der Waals surface area (Å²) in [4.78, 5) is 14.5. The molecule has 1 atom stereocenters. The molecule has 0 saturated carbocycles. The highest BCUT2D eigenvalue weighted by molar-refractivity contribution is 7.89. The van der Waals surface area contributed by atoms with E-state index < -0.39 is 10.0 Å². The summed E-state index contributed by atoms with van der Waals surface area (Å²) < 4.78 is 24.7. The number of hydrogen-bond donors (Lipinski definition) is 1. The highest BCUT2D eigenvalue weighted by Gasteiger charge is 2.19. The number of carbonyl (C=O) groups excluding carboxylic acids is 1. The van der Waals surface area contributed by atoms with Crippen molar-refractivity contribution in [2.75, 3.05) is 7.05 Å². The van der Waals surface area contributed by atoms with Crippen LogP contribution in [-0.2, 0) is 10.0 Å². The minimum atomic E-state index is -3.73.